The summed E-state index contributed by atoms with van der Waals surface area (Å²) in [5, 5.41) is 2.94. The van der Waals surface area contributed by atoms with E-state index in [2.05, 4.69) is 27.9 Å². The van der Waals surface area contributed by atoms with E-state index < -0.39 is 6.10 Å². The Morgan fingerprint density at radius 2 is 1.96 bits per heavy atom. The van der Waals surface area contributed by atoms with Crippen molar-refractivity contribution in [1.29, 1.82) is 0 Å². The Bertz CT molecular complexity index is 688. The minimum atomic E-state index is -0.555. The molecule has 0 aliphatic rings. The van der Waals surface area contributed by atoms with Gasteiger partial charge in [-0.1, -0.05) is 13.0 Å². The summed E-state index contributed by atoms with van der Waals surface area (Å²) in [6.07, 6.45) is 0.0210. The first-order valence-corrected chi connectivity index (χ1v) is 8.49. The number of carbonyl (C=O) groups is 1. The number of aryl methyl sites for hydroxylation is 1. The van der Waals surface area contributed by atoms with Gasteiger partial charge in [0.05, 0.1) is 7.11 Å². The van der Waals surface area contributed by atoms with Gasteiger partial charge in [-0.3, -0.25) is 4.79 Å². The molecule has 2 aromatic rings. The van der Waals surface area contributed by atoms with Crippen LogP contribution in [0.25, 0.3) is 0 Å². The smallest absolute Gasteiger partial charge is 0.265 e. The van der Waals surface area contributed by atoms with Crippen molar-refractivity contribution in [3.63, 3.8) is 0 Å². The number of carbonyl (C=O) groups excluding carboxylic acids is 1. The van der Waals surface area contributed by atoms with Gasteiger partial charge < -0.3 is 14.8 Å². The summed E-state index contributed by atoms with van der Waals surface area (Å²) in [5.41, 5.74) is 1.84. The Morgan fingerprint density at radius 3 is 2.61 bits per heavy atom. The Kier molecular flexibility index (Phi) is 6.27. The fraction of sp³-hybridized carbons (Fsp3) is 0.278. The highest BCUT2D eigenvalue weighted by molar-refractivity contribution is 14.1. The van der Waals surface area contributed by atoms with E-state index in [0.717, 1.165) is 14.8 Å². The minimum Gasteiger partial charge on any atom is -0.497 e. The zero-order valence-electron chi connectivity index (χ0n) is 13.4. The second kappa shape index (κ2) is 8.19. The molecule has 1 amide bonds. The molecule has 2 rings (SSSR count). The van der Waals surface area contributed by atoms with E-state index >= 15 is 0 Å². The predicted molar refractivity (Wildman–Crippen MR) is 100 cm³/mol. The van der Waals surface area contributed by atoms with E-state index in [0.29, 0.717) is 17.9 Å². The first kappa shape index (κ1) is 17.6. The minimum absolute atomic E-state index is 0.153. The molecule has 0 aromatic heterocycles. The fourth-order valence-electron chi connectivity index (χ4n) is 2.14. The SMILES string of the molecule is CCC(Oc1cccc(OC)c1)C(=O)Nc1ccc(I)cc1C. The van der Waals surface area contributed by atoms with Gasteiger partial charge >= 0.3 is 0 Å². The zero-order valence-corrected chi connectivity index (χ0v) is 15.6. The molecule has 1 N–H and O–H groups in total. The number of amides is 1. The first-order valence-electron chi connectivity index (χ1n) is 7.41. The second-order valence-electron chi connectivity index (χ2n) is 5.14. The number of nitrogens with one attached hydrogen (secondary N) is 1. The van der Waals surface area contributed by atoms with Crippen LogP contribution in [0, 0.1) is 10.5 Å². The molecule has 4 nitrogen and oxygen atoms in total. The zero-order chi connectivity index (χ0) is 16.8. The monoisotopic (exact) mass is 425 g/mol. The fourth-order valence-corrected chi connectivity index (χ4v) is 2.79. The predicted octanol–water partition coefficient (Wildman–Crippen LogP) is 4.40. The van der Waals surface area contributed by atoms with Gasteiger partial charge in [0.15, 0.2) is 6.10 Å². The Labute approximate surface area is 150 Å². The average Bonchev–Trinajstić information content (AvgIpc) is 2.55. The summed E-state index contributed by atoms with van der Waals surface area (Å²) in [5.74, 6) is 1.16. The maximum absolute atomic E-state index is 12.5. The van der Waals surface area contributed by atoms with Crippen LogP contribution in [-0.2, 0) is 4.79 Å². The number of ether oxygens (including phenoxy) is 2. The van der Waals surface area contributed by atoms with Gasteiger partial charge in [-0.25, -0.2) is 0 Å². The topological polar surface area (TPSA) is 47.6 Å². The van der Waals surface area contributed by atoms with Crippen molar-refractivity contribution in [2.24, 2.45) is 0 Å². The van der Waals surface area contributed by atoms with E-state index in [1.165, 1.54) is 0 Å². The van der Waals surface area contributed by atoms with Gasteiger partial charge in [-0.15, -0.1) is 0 Å². The van der Waals surface area contributed by atoms with Crippen molar-refractivity contribution in [2.75, 3.05) is 12.4 Å². The molecule has 5 heteroatoms. The van der Waals surface area contributed by atoms with Gasteiger partial charge in [-0.05, 0) is 71.8 Å². The lowest BCUT2D eigenvalue weighted by Gasteiger charge is -2.18. The molecule has 1 atom stereocenters. The maximum Gasteiger partial charge on any atom is 0.265 e. The van der Waals surface area contributed by atoms with Crippen LogP contribution >= 0.6 is 22.6 Å². The largest absolute Gasteiger partial charge is 0.497 e. The van der Waals surface area contributed by atoms with Crippen LogP contribution < -0.4 is 14.8 Å². The molecule has 0 aliphatic carbocycles. The second-order valence-corrected chi connectivity index (χ2v) is 6.39. The van der Waals surface area contributed by atoms with E-state index in [-0.39, 0.29) is 5.91 Å². The standard InChI is InChI=1S/C18H20INO3/c1-4-17(23-15-7-5-6-14(11-15)22-3)18(21)20-16-9-8-13(19)10-12(16)2/h5-11,17H,4H2,1-3H3,(H,20,21). The number of methoxy groups -OCH3 is 1. The quantitative estimate of drug-likeness (QED) is 0.698. The molecule has 0 saturated carbocycles. The molecule has 23 heavy (non-hydrogen) atoms. The Hall–Kier alpha value is -1.76. The summed E-state index contributed by atoms with van der Waals surface area (Å²) in [6.45, 7) is 3.90. The van der Waals surface area contributed by atoms with Crippen molar-refractivity contribution in [1.82, 2.24) is 0 Å². The van der Waals surface area contributed by atoms with E-state index in [1.54, 1.807) is 13.2 Å². The Balaban J connectivity index is 2.08. The molecule has 0 radical (unpaired) electrons. The van der Waals surface area contributed by atoms with Crippen LogP contribution in [0.15, 0.2) is 42.5 Å². The van der Waals surface area contributed by atoms with Crippen molar-refractivity contribution >= 4 is 34.2 Å². The number of halogens is 1. The number of hydrogen-bond acceptors (Lipinski definition) is 3. The van der Waals surface area contributed by atoms with Crippen molar-refractivity contribution in [3.05, 3.63) is 51.6 Å². The summed E-state index contributed by atoms with van der Waals surface area (Å²) in [4.78, 5) is 12.5. The normalized spacial score (nSPS) is 11.7. The molecule has 122 valence electrons. The highest BCUT2D eigenvalue weighted by Crippen LogP contribution is 2.22. The average molecular weight is 425 g/mol. The van der Waals surface area contributed by atoms with E-state index in [1.807, 2.05) is 50.2 Å². The van der Waals surface area contributed by atoms with Crippen LogP contribution in [0.2, 0.25) is 0 Å². The van der Waals surface area contributed by atoms with E-state index in [9.17, 15) is 4.79 Å². The lowest BCUT2D eigenvalue weighted by atomic mass is 10.2. The molecule has 0 heterocycles. The van der Waals surface area contributed by atoms with Gasteiger partial charge in [0, 0.05) is 15.3 Å². The molecule has 0 fully saturated rings. The molecule has 0 aliphatic heterocycles. The molecule has 0 bridgehead atoms. The highest BCUT2D eigenvalue weighted by atomic mass is 127. The van der Waals surface area contributed by atoms with Crippen molar-refractivity contribution in [3.8, 4) is 11.5 Å². The summed E-state index contributed by atoms with van der Waals surface area (Å²) >= 11 is 2.25. The van der Waals surface area contributed by atoms with Crippen LogP contribution in [0.1, 0.15) is 18.9 Å². The first-order chi connectivity index (χ1) is 11.0. The van der Waals surface area contributed by atoms with Gasteiger partial charge in [0.1, 0.15) is 11.5 Å². The third-order valence-electron chi connectivity index (χ3n) is 3.43. The van der Waals surface area contributed by atoms with E-state index in [4.69, 9.17) is 9.47 Å². The molecule has 1 unspecified atom stereocenters. The van der Waals surface area contributed by atoms with Gasteiger partial charge in [0.25, 0.3) is 5.91 Å². The number of rotatable bonds is 6. The van der Waals surface area contributed by atoms with Crippen molar-refractivity contribution in [2.45, 2.75) is 26.4 Å². The van der Waals surface area contributed by atoms with Crippen LogP contribution in [0.3, 0.4) is 0 Å². The lowest BCUT2D eigenvalue weighted by molar-refractivity contribution is -0.122. The van der Waals surface area contributed by atoms with Crippen LogP contribution in [0.4, 0.5) is 5.69 Å². The third kappa shape index (κ3) is 4.86. The van der Waals surface area contributed by atoms with Crippen molar-refractivity contribution < 1.29 is 14.3 Å². The van der Waals surface area contributed by atoms with Gasteiger partial charge in [0.2, 0.25) is 0 Å². The summed E-state index contributed by atoms with van der Waals surface area (Å²) < 4.78 is 12.1. The lowest BCUT2D eigenvalue weighted by Crippen LogP contribution is -2.32. The molecule has 2 aromatic carbocycles. The number of anilines is 1. The number of hydrogen-bond donors (Lipinski definition) is 1. The maximum atomic E-state index is 12.5. The molecular formula is C18H20INO3. The molecule has 0 spiro atoms. The summed E-state index contributed by atoms with van der Waals surface area (Å²) in [6, 6.07) is 13.2. The third-order valence-corrected chi connectivity index (χ3v) is 4.10. The van der Waals surface area contributed by atoms with Gasteiger partial charge in [-0.2, -0.15) is 0 Å². The highest BCUT2D eigenvalue weighted by Gasteiger charge is 2.19. The molecule has 0 saturated heterocycles. The summed E-state index contributed by atoms with van der Waals surface area (Å²) in [7, 11) is 1.60. The van der Waals surface area contributed by atoms with Crippen LogP contribution in [-0.4, -0.2) is 19.1 Å². The van der Waals surface area contributed by atoms with Crippen LogP contribution in [0.5, 0.6) is 11.5 Å². The molecular weight excluding hydrogens is 405 g/mol. The Morgan fingerprint density at radius 1 is 1.22 bits per heavy atom. The number of benzene rings is 2.